The minimum absolute atomic E-state index is 0.154. The standard InChI is InChI=1S/C60H78N12O4/c1-39(2)55-47-31-43(15-17-49(47)67-57(55)45-33-51(75-5)59-63-37-65-71(59)35-45)41-19-25-69(26-20-41)29-23-61-53(73)13-11-9-7-8-10-12-14-54(74)62-24-30-70-27-21-42(22-28-70)44-16-18-50-48(32-44)56(40(3)4)58(68-50)46-34-52(76-6)60-64-38-66-72(60)36-46/h15-18,31-42,67-68H,7-14,19-30H2,1-6H3,(H,61,73)(H,62,74). The van der Waals surface area contributed by atoms with Crippen LogP contribution in [-0.2, 0) is 9.59 Å². The van der Waals surface area contributed by atoms with Gasteiger partial charge in [0.1, 0.15) is 12.7 Å². The van der Waals surface area contributed by atoms with Gasteiger partial charge < -0.3 is 39.9 Å². The van der Waals surface area contributed by atoms with Crippen molar-refractivity contribution in [3.8, 4) is 34.0 Å². The number of amides is 2. The maximum Gasteiger partial charge on any atom is 0.220 e. The smallest absolute Gasteiger partial charge is 0.220 e. The number of carbonyl (C=O) groups excluding carboxylic acids is 2. The van der Waals surface area contributed by atoms with Crippen molar-refractivity contribution < 1.29 is 19.1 Å². The second-order valence-electron chi connectivity index (χ2n) is 22.0. The molecule has 6 aromatic heterocycles. The Morgan fingerprint density at radius 3 is 1.39 bits per heavy atom. The number of piperidine rings is 2. The molecule has 2 aliphatic rings. The number of hydrogen-bond donors (Lipinski definition) is 4. The van der Waals surface area contributed by atoms with Crippen molar-refractivity contribution in [1.82, 2.24) is 59.6 Å². The van der Waals surface area contributed by atoms with E-state index < -0.39 is 0 Å². The predicted molar refractivity (Wildman–Crippen MR) is 302 cm³/mol. The molecule has 2 aromatic carbocycles. The molecule has 0 unspecified atom stereocenters. The van der Waals surface area contributed by atoms with Gasteiger partial charge in [-0.2, -0.15) is 10.2 Å². The third kappa shape index (κ3) is 11.8. The Hall–Kier alpha value is -6.78. The summed E-state index contributed by atoms with van der Waals surface area (Å²) in [6.07, 6.45) is 18.9. The summed E-state index contributed by atoms with van der Waals surface area (Å²) in [5, 5.41) is 17.7. The lowest BCUT2D eigenvalue weighted by Crippen LogP contribution is -2.39. The monoisotopic (exact) mass is 1030 g/mol. The van der Waals surface area contributed by atoms with E-state index in [-0.39, 0.29) is 11.8 Å². The third-order valence-corrected chi connectivity index (χ3v) is 16.3. The summed E-state index contributed by atoms with van der Waals surface area (Å²) >= 11 is 0. The summed E-state index contributed by atoms with van der Waals surface area (Å²) in [7, 11) is 3.34. The van der Waals surface area contributed by atoms with Crippen molar-refractivity contribution in [2.75, 3.05) is 66.6 Å². The maximum atomic E-state index is 12.7. The number of unbranched alkanes of at least 4 members (excludes halogenated alkanes) is 5. The highest BCUT2D eigenvalue weighted by Gasteiger charge is 2.26. The number of likely N-dealkylation sites (tertiary alicyclic amines) is 2. The topological polar surface area (TPSA) is 175 Å². The van der Waals surface area contributed by atoms with Gasteiger partial charge in [0.15, 0.2) is 22.8 Å². The molecule has 76 heavy (non-hydrogen) atoms. The normalized spacial score (nSPS) is 15.3. The van der Waals surface area contributed by atoms with Gasteiger partial charge in [0.25, 0.3) is 0 Å². The minimum atomic E-state index is 0.154. The van der Waals surface area contributed by atoms with Crippen LogP contribution in [0.4, 0.5) is 0 Å². The van der Waals surface area contributed by atoms with Gasteiger partial charge in [-0.3, -0.25) is 9.59 Å². The number of aromatic nitrogens is 8. The van der Waals surface area contributed by atoms with Gasteiger partial charge in [-0.1, -0.05) is 65.5 Å². The molecule has 8 aromatic rings. The van der Waals surface area contributed by atoms with E-state index >= 15 is 0 Å². The van der Waals surface area contributed by atoms with Crippen molar-refractivity contribution in [1.29, 1.82) is 0 Å². The molecule has 0 atom stereocenters. The van der Waals surface area contributed by atoms with Crippen molar-refractivity contribution >= 4 is 44.9 Å². The number of nitrogens with zero attached hydrogens (tertiary/aromatic N) is 8. The SMILES string of the molecule is COc1cc(-c2[nH]c3ccc(C4CCN(CCNC(=O)CCCCCCCCC(=O)NCCN5CCC(c6ccc7[nH]c(-c8cc(OC)c9ncnn9c8)c(C(C)C)c7c6)CC5)CC4)cc3c2C(C)C)cn2ncnc12. The number of hydrogen-bond acceptors (Lipinski definition) is 10. The minimum Gasteiger partial charge on any atom is -0.493 e. The summed E-state index contributed by atoms with van der Waals surface area (Å²) in [5.41, 5.74) is 13.3. The van der Waals surface area contributed by atoms with Gasteiger partial charge in [-0.05, 0) is 147 Å². The second-order valence-corrected chi connectivity index (χ2v) is 22.0. The molecule has 2 aliphatic heterocycles. The van der Waals surface area contributed by atoms with Crippen LogP contribution in [0.25, 0.3) is 55.6 Å². The number of nitrogens with one attached hydrogen (secondary N) is 4. The van der Waals surface area contributed by atoms with Gasteiger partial charge in [0.2, 0.25) is 11.8 Å². The largest absolute Gasteiger partial charge is 0.493 e. The molecule has 2 fully saturated rings. The summed E-state index contributed by atoms with van der Waals surface area (Å²) in [6, 6.07) is 18.0. The zero-order chi connectivity index (χ0) is 52.7. The Labute approximate surface area is 446 Å². The van der Waals surface area contributed by atoms with Gasteiger partial charge in [-0.15, -0.1) is 0 Å². The second kappa shape index (κ2) is 24.0. The number of fused-ring (bicyclic) bond motifs is 4. The number of H-pyrrole nitrogens is 2. The number of aromatic amines is 2. The Kier molecular flexibility index (Phi) is 16.7. The molecule has 8 heterocycles. The van der Waals surface area contributed by atoms with Crippen LogP contribution in [0.1, 0.15) is 151 Å². The first-order chi connectivity index (χ1) is 37.0. The van der Waals surface area contributed by atoms with Crippen LogP contribution >= 0.6 is 0 Å². The fourth-order valence-corrected chi connectivity index (χ4v) is 12.1. The highest BCUT2D eigenvalue weighted by Crippen LogP contribution is 2.41. The van der Waals surface area contributed by atoms with E-state index in [1.807, 2.05) is 24.5 Å². The molecule has 16 heteroatoms. The molecule has 4 N–H and O–H groups in total. The number of carbonyl (C=O) groups is 2. The van der Waals surface area contributed by atoms with E-state index in [4.69, 9.17) is 9.47 Å². The van der Waals surface area contributed by atoms with Crippen LogP contribution in [0.5, 0.6) is 11.5 Å². The molecular weight excluding hydrogens is 953 g/mol. The van der Waals surface area contributed by atoms with Gasteiger partial charge >= 0.3 is 0 Å². The van der Waals surface area contributed by atoms with E-state index in [1.165, 1.54) is 33.0 Å². The molecule has 2 amide bonds. The van der Waals surface area contributed by atoms with E-state index in [0.717, 1.165) is 137 Å². The average molecular weight is 1030 g/mol. The van der Waals surface area contributed by atoms with E-state index in [0.29, 0.717) is 72.4 Å². The van der Waals surface area contributed by atoms with Crippen LogP contribution in [0.2, 0.25) is 0 Å². The fraction of sp³-hybridized carbons (Fsp3) is 0.500. The van der Waals surface area contributed by atoms with Crippen molar-refractivity contribution in [2.45, 2.75) is 128 Å². The third-order valence-electron chi connectivity index (χ3n) is 16.3. The van der Waals surface area contributed by atoms with Gasteiger partial charge in [0.05, 0.1) is 25.6 Å². The molecule has 0 saturated carbocycles. The van der Waals surface area contributed by atoms with Gasteiger partial charge in [0, 0.05) is 84.3 Å². The number of methoxy groups -OCH3 is 2. The first-order valence-electron chi connectivity index (χ1n) is 28.1. The van der Waals surface area contributed by atoms with Crippen LogP contribution < -0.4 is 20.1 Å². The first-order valence-corrected chi connectivity index (χ1v) is 28.1. The summed E-state index contributed by atoms with van der Waals surface area (Å²) < 4.78 is 14.9. The highest BCUT2D eigenvalue weighted by atomic mass is 16.5. The highest BCUT2D eigenvalue weighted by molar-refractivity contribution is 5.93. The Morgan fingerprint density at radius 1 is 0.592 bits per heavy atom. The van der Waals surface area contributed by atoms with E-state index in [2.05, 4.69) is 115 Å². The van der Waals surface area contributed by atoms with Crippen LogP contribution in [0.3, 0.4) is 0 Å². The number of rotatable bonds is 23. The first kappa shape index (κ1) is 52.7. The molecule has 0 bridgehead atoms. The lowest BCUT2D eigenvalue weighted by molar-refractivity contribution is -0.122. The number of ether oxygens (including phenoxy) is 2. The van der Waals surface area contributed by atoms with Crippen molar-refractivity contribution in [3.63, 3.8) is 0 Å². The van der Waals surface area contributed by atoms with Crippen molar-refractivity contribution in [2.24, 2.45) is 0 Å². The molecule has 0 spiro atoms. The number of pyridine rings is 2. The van der Waals surface area contributed by atoms with Crippen LogP contribution in [-0.4, -0.2) is 127 Å². The van der Waals surface area contributed by atoms with E-state index in [9.17, 15) is 9.59 Å². The Bertz CT molecular complexity index is 3040. The summed E-state index contributed by atoms with van der Waals surface area (Å²) in [6.45, 7) is 16.3. The van der Waals surface area contributed by atoms with E-state index in [1.54, 1.807) is 35.9 Å². The molecule has 2 saturated heterocycles. The van der Waals surface area contributed by atoms with Crippen molar-refractivity contribution in [3.05, 3.63) is 95.8 Å². The zero-order valence-corrected chi connectivity index (χ0v) is 45.6. The fourth-order valence-electron chi connectivity index (χ4n) is 12.1. The molecule has 0 radical (unpaired) electrons. The molecule has 16 nitrogen and oxygen atoms in total. The number of benzene rings is 2. The van der Waals surface area contributed by atoms with Crippen LogP contribution in [0.15, 0.2) is 73.6 Å². The zero-order valence-electron chi connectivity index (χ0n) is 45.6. The quantitative estimate of drug-likeness (QED) is 0.0451. The summed E-state index contributed by atoms with van der Waals surface area (Å²) in [5.74, 6) is 3.37. The molecule has 10 rings (SSSR count). The predicted octanol–water partition coefficient (Wildman–Crippen LogP) is 10.7. The Balaban J connectivity index is 0.568. The Morgan fingerprint density at radius 2 is 1.00 bits per heavy atom. The average Bonchev–Trinajstić information content (AvgIpc) is 4.27. The molecule has 0 aliphatic carbocycles. The van der Waals surface area contributed by atoms with Crippen LogP contribution in [0, 0.1) is 0 Å². The molecular formula is C60H78N12O4. The lowest BCUT2D eigenvalue weighted by Gasteiger charge is -2.32. The lowest BCUT2D eigenvalue weighted by atomic mass is 9.87. The maximum absolute atomic E-state index is 12.7. The molecule has 402 valence electrons. The summed E-state index contributed by atoms with van der Waals surface area (Å²) in [4.78, 5) is 46.5. The van der Waals surface area contributed by atoms with Gasteiger partial charge in [-0.25, -0.2) is 19.0 Å².